The molecule has 0 spiro atoms. The maximum atomic E-state index is 4.65. The number of aromatic nitrogens is 1. The van der Waals surface area contributed by atoms with Crippen molar-refractivity contribution in [1.82, 2.24) is 4.98 Å². The lowest BCUT2D eigenvalue weighted by molar-refractivity contribution is 1.06. The standard InChI is InChI=1S/C21H19N3/c1-3-8-18(9-4-1)22-16-14-20-12-7-13-21(24-20)15-17-23-19-10-5-2-6-11-19/h1-13,16-17H,14-15H2. The molecule has 3 nitrogen and oxygen atoms in total. The zero-order chi connectivity index (χ0) is 16.5. The van der Waals surface area contributed by atoms with Crippen LogP contribution < -0.4 is 0 Å². The Morgan fingerprint density at radius 1 is 0.583 bits per heavy atom. The van der Waals surface area contributed by atoms with Gasteiger partial charge in [0.1, 0.15) is 0 Å². The number of para-hydroxylation sites is 2. The molecule has 0 aliphatic carbocycles. The Balaban J connectivity index is 1.58. The van der Waals surface area contributed by atoms with E-state index in [0.29, 0.717) is 0 Å². The smallest absolute Gasteiger partial charge is 0.0625 e. The second-order valence-corrected chi connectivity index (χ2v) is 5.32. The van der Waals surface area contributed by atoms with Gasteiger partial charge in [-0.05, 0) is 36.4 Å². The first-order valence-corrected chi connectivity index (χ1v) is 8.00. The van der Waals surface area contributed by atoms with E-state index in [2.05, 4.69) is 15.0 Å². The monoisotopic (exact) mass is 313 g/mol. The summed E-state index contributed by atoms with van der Waals surface area (Å²) in [4.78, 5) is 13.5. The normalized spacial score (nSPS) is 11.3. The average molecular weight is 313 g/mol. The third kappa shape index (κ3) is 4.99. The van der Waals surface area contributed by atoms with Crippen LogP contribution in [0.4, 0.5) is 11.4 Å². The highest BCUT2D eigenvalue weighted by Crippen LogP contribution is 2.10. The van der Waals surface area contributed by atoms with E-state index >= 15 is 0 Å². The number of rotatable bonds is 6. The minimum atomic E-state index is 0.721. The summed E-state index contributed by atoms with van der Waals surface area (Å²) in [5.41, 5.74) is 3.95. The fraction of sp³-hybridized carbons (Fsp3) is 0.0952. The molecule has 2 aromatic carbocycles. The van der Waals surface area contributed by atoms with E-state index in [0.717, 1.165) is 35.6 Å². The van der Waals surface area contributed by atoms with Gasteiger partial charge < -0.3 is 0 Å². The van der Waals surface area contributed by atoms with Gasteiger partial charge >= 0.3 is 0 Å². The van der Waals surface area contributed by atoms with Gasteiger partial charge in [0, 0.05) is 36.7 Å². The van der Waals surface area contributed by atoms with Crippen molar-refractivity contribution in [3.8, 4) is 0 Å². The van der Waals surface area contributed by atoms with E-state index in [1.165, 1.54) is 0 Å². The summed E-state index contributed by atoms with van der Waals surface area (Å²) in [6, 6.07) is 25.9. The Hall–Kier alpha value is -3.07. The molecule has 0 aliphatic heterocycles. The van der Waals surface area contributed by atoms with E-state index in [1.54, 1.807) is 0 Å². The highest BCUT2D eigenvalue weighted by molar-refractivity contribution is 5.66. The molecule has 0 bridgehead atoms. The first kappa shape index (κ1) is 15.8. The summed E-state index contributed by atoms with van der Waals surface area (Å²) in [6.45, 7) is 0. The predicted molar refractivity (Wildman–Crippen MR) is 101 cm³/mol. The van der Waals surface area contributed by atoms with Gasteiger partial charge in [0.05, 0.1) is 11.4 Å². The van der Waals surface area contributed by atoms with Gasteiger partial charge in [-0.2, -0.15) is 0 Å². The maximum Gasteiger partial charge on any atom is 0.0625 e. The van der Waals surface area contributed by atoms with Gasteiger partial charge in [-0.25, -0.2) is 0 Å². The zero-order valence-electron chi connectivity index (χ0n) is 13.4. The van der Waals surface area contributed by atoms with Gasteiger partial charge in [0.25, 0.3) is 0 Å². The van der Waals surface area contributed by atoms with E-state index in [4.69, 9.17) is 0 Å². The van der Waals surface area contributed by atoms with Gasteiger partial charge in [-0.3, -0.25) is 15.0 Å². The van der Waals surface area contributed by atoms with Crippen molar-refractivity contribution in [2.45, 2.75) is 12.8 Å². The summed E-state index contributed by atoms with van der Waals surface area (Å²) in [5.74, 6) is 0. The quantitative estimate of drug-likeness (QED) is 0.592. The number of benzene rings is 2. The van der Waals surface area contributed by atoms with Crippen LogP contribution in [-0.4, -0.2) is 17.4 Å². The van der Waals surface area contributed by atoms with Crippen LogP contribution in [-0.2, 0) is 12.8 Å². The molecule has 0 N–H and O–H groups in total. The minimum Gasteiger partial charge on any atom is -0.261 e. The molecule has 118 valence electrons. The first-order chi connectivity index (χ1) is 11.9. The molecule has 0 unspecified atom stereocenters. The Morgan fingerprint density at radius 2 is 1.04 bits per heavy atom. The fourth-order valence-electron chi connectivity index (χ4n) is 2.27. The van der Waals surface area contributed by atoms with Crippen LogP contribution >= 0.6 is 0 Å². The molecule has 1 heterocycles. The molecule has 24 heavy (non-hydrogen) atoms. The number of aliphatic imine (C=N–C) groups is 2. The minimum absolute atomic E-state index is 0.721. The van der Waals surface area contributed by atoms with E-state index in [9.17, 15) is 0 Å². The van der Waals surface area contributed by atoms with Crippen LogP contribution in [0, 0.1) is 0 Å². The summed E-state index contributed by atoms with van der Waals surface area (Å²) in [5, 5.41) is 0. The number of hydrogen-bond acceptors (Lipinski definition) is 3. The Morgan fingerprint density at radius 3 is 1.50 bits per heavy atom. The predicted octanol–water partition coefficient (Wildman–Crippen LogP) is 4.97. The molecule has 0 amide bonds. The molecule has 0 saturated heterocycles. The molecule has 0 atom stereocenters. The van der Waals surface area contributed by atoms with Crippen LogP contribution in [0.25, 0.3) is 0 Å². The van der Waals surface area contributed by atoms with Crippen molar-refractivity contribution in [3.05, 3.63) is 90.3 Å². The summed E-state index contributed by atoms with van der Waals surface area (Å²) < 4.78 is 0. The van der Waals surface area contributed by atoms with E-state index < -0.39 is 0 Å². The highest BCUT2D eigenvalue weighted by atomic mass is 14.8. The Labute approximate surface area is 142 Å². The van der Waals surface area contributed by atoms with Crippen molar-refractivity contribution < 1.29 is 0 Å². The molecule has 0 saturated carbocycles. The number of nitrogens with zero attached hydrogens (tertiary/aromatic N) is 3. The second-order valence-electron chi connectivity index (χ2n) is 5.32. The zero-order valence-corrected chi connectivity index (χ0v) is 13.4. The average Bonchev–Trinajstić information content (AvgIpc) is 2.64. The number of pyridine rings is 1. The summed E-state index contributed by atoms with van der Waals surface area (Å²) >= 11 is 0. The molecule has 3 rings (SSSR count). The number of hydrogen-bond donors (Lipinski definition) is 0. The highest BCUT2D eigenvalue weighted by Gasteiger charge is 1.96. The SMILES string of the molecule is C(Cc1cccc(CC=Nc2ccccc2)n1)=Nc1ccccc1. The van der Waals surface area contributed by atoms with Crippen LogP contribution in [0.3, 0.4) is 0 Å². The molecular formula is C21H19N3. The summed E-state index contributed by atoms with van der Waals surface area (Å²) in [7, 11) is 0. The van der Waals surface area contributed by atoms with Crippen molar-refractivity contribution in [1.29, 1.82) is 0 Å². The van der Waals surface area contributed by atoms with E-state index in [-0.39, 0.29) is 0 Å². The lowest BCUT2D eigenvalue weighted by atomic mass is 10.2. The molecule has 0 radical (unpaired) electrons. The van der Waals surface area contributed by atoms with Crippen LogP contribution in [0.2, 0.25) is 0 Å². The fourth-order valence-corrected chi connectivity index (χ4v) is 2.27. The third-order valence-corrected chi connectivity index (χ3v) is 3.46. The van der Waals surface area contributed by atoms with Gasteiger partial charge in [0.2, 0.25) is 0 Å². The topological polar surface area (TPSA) is 37.6 Å². The van der Waals surface area contributed by atoms with Crippen molar-refractivity contribution in [2.24, 2.45) is 9.98 Å². The van der Waals surface area contributed by atoms with Crippen LogP contribution in [0.15, 0.2) is 88.8 Å². The third-order valence-electron chi connectivity index (χ3n) is 3.46. The molecule has 3 heteroatoms. The first-order valence-electron chi connectivity index (χ1n) is 8.00. The molecular weight excluding hydrogens is 294 g/mol. The van der Waals surface area contributed by atoms with Gasteiger partial charge in [-0.1, -0.05) is 42.5 Å². The Kier molecular flexibility index (Phi) is 5.62. The van der Waals surface area contributed by atoms with Crippen LogP contribution in [0.1, 0.15) is 11.4 Å². The van der Waals surface area contributed by atoms with Crippen molar-refractivity contribution >= 4 is 23.8 Å². The second kappa shape index (κ2) is 8.53. The molecule has 1 aromatic heterocycles. The van der Waals surface area contributed by atoms with Crippen molar-refractivity contribution in [3.63, 3.8) is 0 Å². The molecule has 3 aromatic rings. The van der Waals surface area contributed by atoms with Crippen LogP contribution in [0.5, 0.6) is 0 Å². The lowest BCUT2D eigenvalue weighted by Gasteiger charge is -2.00. The molecule has 0 aliphatic rings. The van der Waals surface area contributed by atoms with E-state index in [1.807, 2.05) is 91.3 Å². The maximum absolute atomic E-state index is 4.65. The largest absolute Gasteiger partial charge is 0.261 e. The van der Waals surface area contributed by atoms with Gasteiger partial charge in [0.15, 0.2) is 0 Å². The van der Waals surface area contributed by atoms with Gasteiger partial charge in [-0.15, -0.1) is 0 Å². The summed E-state index contributed by atoms with van der Waals surface area (Å²) in [6.07, 6.45) is 5.25. The molecule has 0 fully saturated rings. The lowest BCUT2D eigenvalue weighted by Crippen LogP contribution is -1.97. The Bertz CT molecular complexity index is 742. The van der Waals surface area contributed by atoms with Crippen molar-refractivity contribution in [2.75, 3.05) is 0 Å².